The summed E-state index contributed by atoms with van der Waals surface area (Å²) in [5, 5.41) is 4.26. The third-order valence-corrected chi connectivity index (χ3v) is 5.57. The van der Waals surface area contributed by atoms with Gasteiger partial charge in [-0.05, 0) is 37.1 Å². The van der Waals surface area contributed by atoms with Gasteiger partial charge in [0.05, 0.1) is 19.3 Å². The number of aromatic nitrogens is 3. The lowest BCUT2D eigenvalue weighted by Crippen LogP contribution is -2.44. The zero-order chi connectivity index (χ0) is 20.2. The number of carbonyl (C=O) groups is 1. The molecule has 0 radical (unpaired) electrons. The summed E-state index contributed by atoms with van der Waals surface area (Å²) in [6.07, 6.45) is 6.43. The minimum atomic E-state index is -0.0451. The van der Waals surface area contributed by atoms with Crippen molar-refractivity contribution in [3.05, 3.63) is 59.3 Å². The Morgan fingerprint density at radius 1 is 1.24 bits per heavy atom. The van der Waals surface area contributed by atoms with Gasteiger partial charge in [-0.3, -0.25) is 9.69 Å². The van der Waals surface area contributed by atoms with E-state index in [2.05, 4.69) is 32.1 Å². The van der Waals surface area contributed by atoms with E-state index in [1.807, 2.05) is 43.7 Å². The van der Waals surface area contributed by atoms with E-state index in [1.165, 1.54) is 0 Å². The number of nitrogens with zero attached hydrogens (tertiary/aromatic N) is 3. The normalized spacial score (nSPS) is 16.1. The number of H-pyrrole nitrogens is 1. The predicted molar refractivity (Wildman–Crippen MR) is 112 cm³/mol. The number of rotatable bonds is 6. The standard InChI is InChI=1S/C22H27N5O2/c1-3-17-18-6-7-23-20(18)5-4-19(17)22(28)26-14-21(27-8-10-29-11-9-27)16-12-24-15(2)25-13-16/h4-7,12-13,21,23H,3,8-11,14H2,1-2H3,(H,26,28). The second-order valence-electron chi connectivity index (χ2n) is 7.32. The van der Waals surface area contributed by atoms with Gasteiger partial charge in [0.1, 0.15) is 5.82 Å². The first kappa shape index (κ1) is 19.5. The highest BCUT2D eigenvalue weighted by Gasteiger charge is 2.24. The number of aromatic amines is 1. The molecule has 1 aliphatic rings. The monoisotopic (exact) mass is 393 g/mol. The van der Waals surface area contributed by atoms with Gasteiger partial charge >= 0.3 is 0 Å². The van der Waals surface area contributed by atoms with Crippen molar-refractivity contribution < 1.29 is 9.53 Å². The van der Waals surface area contributed by atoms with Crippen LogP contribution in [-0.2, 0) is 11.2 Å². The van der Waals surface area contributed by atoms with Gasteiger partial charge in [-0.15, -0.1) is 0 Å². The maximum Gasteiger partial charge on any atom is 0.251 e. The molecule has 1 amide bonds. The highest BCUT2D eigenvalue weighted by molar-refractivity contribution is 6.01. The number of nitrogens with one attached hydrogen (secondary N) is 2. The summed E-state index contributed by atoms with van der Waals surface area (Å²) in [6.45, 7) is 7.49. The van der Waals surface area contributed by atoms with Gasteiger partial charge in [-0.1, -0.05) is 6.92 Å². The number of amides is 1. The first-order valence-electron chi connectivity index (χ1n) is 10.1. The fraction of sp³-hybridized carbons (Fsp3) is 0.409. The van der Waals surface area contributed by atoms with Gasteiger partial charge in [0, 0.05) is 60.3 Å². The Bertz CT molecular complexity index is 977. The smallest absolute Gasteiger partial charge is 0.251 e. The van der Waals surface area contributed by atoms with Crippen molar-refractivity contribution in [3.8, 4) is 0 Å². The van der Waals surface area contributed by atoms with Crippen LogP contribution in [0.15, 0.2) is 36.8 Å². The number of fused-ring (bicyclic) bond motifs is 1. The first-order valence-corrected chi connectivity index (χ1v) is 10.1. The summed E-state index contributed by atoms with van der Waals surface area (Å²) in [5.74, 6) is 0.696. The molecule has 0 spiro atoms. The molecule has 4 rings (SSSR count). The lowest BCUT2D eigenvalue weighted by Gasteiger charge is -2.34. The van der Waals surface area contributed by atoms with Crippen LogP contribution in [-0.4, -0.2) is 58.6 Å². The predicted octanol–water partition coefficient (Wildman–Crippen LogP) is 2.63. The molecule has 3 aromatic rings. The maximum absolute atomic E-state index is 13.1. The van der Waals surface area contributed by atoms with Gasteiger partial charge in [0.15, 0.2) is 0 Å². The molecule has 0 saturated carbocycles. The summed E-state index contributed by atoms with van der Waals surface area (Å²) < 4.78 is 5.50. The minimum absolute atomic E-state index is 0.0181. The van der Waals surface area contributed by atoms with Crippen molar-refractivity contribution in [2.24, 2.45) is 0 Å². The third kappa shape index (κ3) is 4.16. The topological polar surface area (TPSA) is 83.1 Å². The highest BCUT2D eigenvalue weighted by Crippen LogP contribution is 2.24. The van der Waals surface area contributed by atoms with Crippen LogP contribution in [0.5, 0.6) is 0 Å². The van der Waals surface area contributed by atoms with Gasteiger partial charge in [-0.2, -0.15) is 0 Å². The number of morpholine rings is 1. The molecule has 1 aromatic carbocycles. The summed E-state index contributed by atoms with van der Waals surface area (Å²) in [7, 11) is 0. The van der Waals surface area contributed by atoms with E-state index >= 15 is 0 Å². The van der Waals surface area contributed by atoms with Crippen LogP contribution in [0.3, 0.4) is 0 Å². The summed E-state index contributed by atoms with van der Waals surface area (Å²) in [5.41, 5.74) is 3.87. The van der Waals surface area contributed by atoms with Crippen molar-refractivity contribution in [2.75, 3.05) is 32.8 Å². The molecule has 1 aliphatic heterocycles. The van der Waals surface area contributed by atoms with Crippen molar-refractivity contribution in [1.82, 2.24) is 25.2 Å². The average molecular weight is 393 g/mol. The summed E-state index contributed by atoms with van der Waals surface area (Å²) in [4.78, 5) is 27.3. The third-order valence-electron chi connectivity index (χ3n) is 5.57. The Balaban J connectivity index is 1.55. The van der Waals surface area contributed by atoms with Crippen LogP contribution in [0, 0.1) is 6.92 Å². The second-order valence-corrected chi connectivity index (χ2v) is 7.32. The van der Waals surface area contributed by atoms with Gasteiger partial charge in [0.2, 0.25) is 0 Å². The fourth-order valence-corrected chi connectivity index (χ4v) is 4.00. The Hall–Kier alpha value is -2.77. The van der Waals surface area contributed by atoms with Gasteiger partial charge in [-0.25, -0.2) is 9.97 Å². The highest BCUT2D eigenvalue weighted by atomic mass is 16.5. The van der Waals surface area contributed by atoms with Crippen LogP contribution < -0.4 is 5.32 Å². The Kier molecular flexibility index (Phi) is 5.87. The fourth-order valence-electron chi connectivity index (χ4n) is 4.00. The van der Waals surface area contributed by atoms with Gasteiger partial charge in [0.25, 0.3) is 5.91 Å². The lowest BCUT2D eigenvalue weighted by atomic mass is 10.00. The van der Waals surface area contributed by atoms with Crippen molar-refractivity contribution in [1.29, 1.82) is 0 Å². The van der Waals surface area contributed by atoms with Crippen molar-refractivity contribution in [2.45, 2.75) is 26.3 Å². The molecular formula is C22H27N5O2. The zero-order valence-corrected chi connectivity index (χ0v) is 16.9. The summed E-state index contributed by atoms with van der Waals surface area (Å²) in [6, 6.07) is 5.93. The number of aryl methyl sites for hydroxylation is 2. The molecule has 7 heteroatoms. The molecule has 152 valence electrons. The number of benzene rings is 1. The van der Waals surface area contributed by atoms with Crippen molar-refractivity contribution in [3.63, 3.8) is 0 Å². The number of hydrogen-bond donors (Lipinski definition) is 2. The molecule has 1 atom stereocenters. The molecule has 1 saturated heterocycles. The maximum atomic E-state index is 13.1. The van der Waals surface area contributed by atoms with Crippen LogP contribution in [0.2, 0.25) is 0 Å². The molecule has 3 heterocycles. The molecule has 2 aromatic heterocycles. The molecule has 2 N–H and O–H groups in total. The quantitative estimate of drug-likeness (QED) is 0.673. The van der Waals surface area contributed by atoms with E-state index in [0.29, 0.717) is 19.8 Å². The lowest BCUT2D eigenvalue weighted by molar-refractivity contribution is 0.0161. The van der Waals surface area contributed by atoms with Crippen LogP contribution >= 0.6 is 0 Å². The Labute approximate surface area is 170 Å². The molecule has 29 heavy (non-hydrogen) atoms. The molecular weight excluding hydrogens is 366 g/mol. The van der Waals surface area contributed by atoms with E-state index in [4.69, 9.17) is 4.74 Å². The zero-order valence-electron chi connectivity index (χ0n) is 16.9. The number of hydrogen-bond acceptors (Lipinski definition) is 5. The second kappa shape index (κ2) is 8.71. The van der Waals surface area contributed by atoms with Crippen molar-refractivity contribution >= 4 is 16.8 Å². The molecule has 7 nitrogen and oxygen atoms in total. The average Bonchev–Trinajstić information content (AvgIpc) is 3.24. The molecule has 1 fully saturated rings. The van der Waals surface area contributed by atoms with E-state index in [-0.39, 0.29) is 11.9 Å². The van der Waals surface area contributed by atoms with Crippen LogP contribution in [0.1, 0.15) is 40.3 Å². The Morgan fingerprint density at radius 3 is 2.72 bits per heavy atom. The first-order chi connectivity index (χ1) is 14.2. The largest absolute Gasteiger partial charge is 0.379 e. The Morgan fingerprint density at radius 2 is 2.00 bits per heavy atom. The number of carbonyl (C=O) groups excluding carboxylic acids is 1. The molecule has 0 aliphatic carbocycles. The SMILES string of the molecule is CCc1c(C(=O)NCC(c2cnc(C)nc2)N2CCOCC2)ccc2[nH]ccc12. The molecule has 1 unspecified atom stereocenters. The minimum Gasteiger partial charge on any atom is -0.379 e. The van der Waals surface area contributed by atoms with E-state index in [0.717, 1.165) is 52.9 Å². The number of ether oxygens (including phenoxy) is 1. The van der Waals surface area contributed by atoms with Crippen LogP contribution in [0.4, 0.5) is 0 Å². The molecule has 0 bridgehead atoms. The van der Waals surface area contributed by atoms with Crippen LogP contribution in [0.25, 0.3) is 10.9 Å². The van der Waals surface area contributed by atoms with Gasteiger partial charge < -0.3 is 15.0 Å². The van der Waals surface area contributed by atoms with E-state index in [1.54, 1.807) is 0 Å². The summed E-state index contributed by atoms with van der Waals surface area (Å²) >= 11 is 0. The van der Waals surface area contributed by atoms with E-state index < -0.39 is 0 Å². The van der Waals surface area contributed by atoms with E-state index in [9.17, 15) is 4.79 Å².